The van der Waals surface area contributed by atoms with E-state index in [2.05, 4.69) is 0 Å². The zero-order valence-corrected chi connectivity index (χ0v) is 12.1. The molecule has 0 aliphatic carbocycles. The highest BCUT2D eigenvalue weighted by Crippen LogP contribution is 2.32. The fourth-order valence-corrected chi connectivity index (χ4v) is 2.22. The van der Waals surface area contributed by atoms with Gasteiger partial charge in [0.25, 0.3) is 0 Å². The van der Waals surface area contributed by atoms with Crippen LogP contribution in [0.5, 0.6) is 5.75 Å². The normalized spacial score (nSPS) is 10.4. The molecule has 0 aliphatic heterocycles. The lowest BCUT2D eigenvalue weighted by Gasteiger charge is -2.10. The van der Waals surface area contributed by atoms with E-state index in [0.717, 1.165) is 0 Å². The lowest BCUT2D eigenvalue weighted by molar-refractivity contribution is 0.103. The quantitative estimate of drug-likeness (QED) is 0.761. The summed E-state index contributed by atoms with van der Waals surface area (Å²) in [5, 5.41) is 0.432. The summed E-state index contributed by atoms with van der Waals surface area (Å²) < 4.78 is 18.9. The van der Waals surface area contributed by atoms with Gasteiger partial charge in [-0.05, 0) is 25.1 Å². The number of hydrogen-bond donors (Lipinski definition) is 0. The molecule has 0 radical (unpaired) electrons. The van der Waals surface area contributed by atoms with Gasteiger partial charge in [0.2, 0.25) is 0 Å². The van der Waals surface area contributed by atoms with Crippen LogP contribution < -0.4 is 4.74 Å². The standard InChI is InChI=1S/C15H11Cl2FO2/c1-2-20-14-8-11(16)10(7-12(14)17)15(19)9-5-3-4-6-13(9)18/h3-8H,2H2,1H3. The van der Waals surface area contributed by atoms with E-state index in [4.69, 9.17) is 27.9 Å². The first-order valence-electron chi connectivity index (χ1n) is 5.95. The first-order chi connectivity index (χ1) is 9.54. The summed E-state index contributed by atoms with van der Waals surface area (Å²) in [5.74, 6) is -0.721. The highest BCUT2D eigenvalue weighted by atomic mass is 35.5. The van der Waals surface area contributed by atoms with Crippen LogP contribution >= 0.6 is 23.2 Å². The zero-order chi connectivity index (χ0) is 14.7. The van der Waals surface area contributed by atoms with Gasteiger partial charge in [-0.1, -0.05) is 35.3 Å². The van der Waals surface area contributed by atoms with Gasteiger partial charge in [0.1, 0.15) is 11.6 Å². The van der Waals surface area contributed by atoms with E-state index in [-0.39, 0.29) is 21.2 Å². The van der Waals surface area contributed by atoms with E-state index >= 15 is 0 Å². The average Bonchev–Trinajstić information content (AvgIpc) is 2.42. The molecule has 0 amide bonds. The van der Waals surface area contributed by atoms with Gasteiger partial charge in [-0.2, -0.15) is 0 Å². The molecule has 0 N–H and O–H groups in total. The van der Waals surface area contributed by atoms with Crippen LogP contribution in [0.2, 0.25) is 10.0 Å². The Bertz CT molecular complexity index is 656. The topological polar surface area (TPSA) is 26.3 Å². The molecule has 0 atom stereocenters. The highest BCUT2D eigenvalue weighted by Gasteiger charge is 2.18. The van der Waals surface area contributed by atoms with E-state index in [1.807, 2.05) is 6.92 Å². The first kappa shape index (κ1) is 14.8. The smallest absolute Gasteiger partial charge is 0.197 e. The van der Waals surface area contributed by atoms with Crippen molar-refractivity contribution in [1.82, 2.24) is 0 Å². The van der Waals surface area contributed by atoms with Crippen molar-refractivity contribution >= 4 is 29.0 Å². The Morgan fingerprint density at radius 1 is 1.15 bits per heavy atom. The Kier molecular flexibility index (Phi) is 4.63. The second-order valence-corrected chi connectivity index (χ2v) is 4.82. The maximum absolute atomic E-state index is 13.6. The Balaban J connectivity index is 2.46. The second kappa shape index (κ2) is 6.25. The molecule has 104 valence electrons. The average molecular weight is 313 g/mol. The Morgan fingerprint density at radius 2 is 1.85 bits per heavy atom. The van der Waals surface area contributed by atoms with Crippen LogP contribution in [0.4, 0.5) is 4.39 Å². The van der Waals surface area contributed by atoms with Crippen LogP contribution in [0.1, 0.15) is 22.8 Å². The van der Waals surface area contributed by atoms with Crippen molar-refractivity contribution in [3.05, 3.63) is 63.4 Å². The second-order valence-electron chi connectivity index (χ2n) is 4.00. The minimum Gasteiger partial charge on any atom is -0.492 e. The summed E-state index contributed by atoms with van der Waals surface area (Å²) in [5.41, 5.74) is 0.0971. The van der Waals surface area contributed by atoms with Crippen LogP contribution in [-0.4, -0.2) is 12.4 Å². The molecule has 0 aromatic heterocycles. The predicted octanol–water partition coefficient (Wildman–Crippen LogP) is 4.76. The van der Waals surface area contributed by atoms with E-state index in [1.54, 1.807) is 6.07 Å². The van der Waals surface area contributed by atoms with Gasteiger partial charge < -0.3 is 4.74 Å². The number of carbonyl (C=O) groups excluding carboxylic acids is 1. The third-order valence-electron chi connectivity index (χ3n) is 2.68. The van der Waals surface area contributed by atoms with E-state index < -0.39 is 11.6 Å². The number of benzene rings is 2. The van der Waals surface area contributed by atoms with Gasteiger partial charge in [-0.15, -0.1) is 0 Å². The molecule has 2 aromatic carbocycles. The number of halogens is 3. The number of ketones is 1. The Hall–Kier alpha value is -1.58. The summed E-state index contributed by atoms with van der Waals surface area (Å²) in [7, 11) is 0. The summed E-state index contributed by atoms with van der Waals surface area (Å²) in [6, 6.07) is 8.57. The highest BCUT2D eigenvalue weighted by molar-refractivity contribution is 6.37. The number of hydrogen-bond acceptors (Lipinski definition) is 2. The molecule has 0 aliphatic rings. The molecule has 2 nitrogen and oxygen atoms in total. The SMILES string of the molecule is CCOc1cc(Cl)c(C(=O)c2ccccc2F)cc1Cl. The molecule has 2 rings (SSSR count). The maximum Gasteiger partial charge on any atom is 0.197 e. The zero-order valence-electron chi connectivity index (χ0n) is 10.6. The van der Waals surface area contributed by atoms with Crippen molar-refractivity contribution < 1.29 is 13.9 Å². The maximum atomic E-state index is 13.6. The molecule has 5 heteroatoms. The van der Waals surface area contributed by atoms with E-state index in [0.29, 0.717) is 12.4 Å². The predicted molar refractivity (Wildman–Crippen MR) is 77.5 cm³/mol. The van der Waals surface area contributed by atoms with Crippen molar-refractivity contribution in [1.29, 1.82) is 0 Å². The van der Waals surface area contributed by atoms with Gasteiger partial charge in [0.15, 0.2) is 5.78 Å². The third kappa shape index (κ3) is 2.94. The lowest BCUT2D eigenvalue weighted by Crippen LogP contribution is -2.05. The minimum absolute atomic E-state index is 0.0466. The Labute approximate surface area is 126 Å². The fourth-order valence-electron chi connectivity index (χ4n) is 1.76. The Morgan fingerprint density at radius 3 is 2.50 bits per heavy atom. The number of ether oxygens (including phenoxy) is 1. The molecule has 20 heavy (non-hydrogen) atoms. The monoisotopic (exact) mass is 312 g/mol. The molecule has 0 fully saturated rings. The van der Waals surface area contributed by atoms with Crippen LogP contribution in [-0.2, 0) is 0 Å². The molecular weight excluding hydrogens is 302 g/mol. The molecule has 2 aromatic rings. The largest absolute Gasteiger partial charge is 0.492 e. The molecule has 0 spiro atoms. The summed E-state index contributed by atoms with van der Waals surface area (Å²) >= 11 is 12.1. The van der Waals surface area contributed by atoms with E-state index in [9.17, 15) is 9.18 Å². The van der Waals surface area contributed by atoms with Crippen LogP contribution in [0, 0.1) is 5.82 Å². The summed E-state index contributed by atoms with van der Waals surface area (Å²) in [4.78, 5) is 12.3. The minimum atomic E-state index is -0.599. The van der Waals surface area contributed by atoms with Crippen molar-refractivity contribution in [3.8, 4) is 5.75 Å². The van der Waals surface area contributed by atoms with Crippen LogP contribution in [0.3, 0.4) is 0 Å². The van der Waals surface area contributed by atoms with E-state index in [1.165, 1.54) is 30.3 Å². The van der Waals surface area contributed by atoms with Gasteiger partial charge >= 0.3 is 0 Å². The molecule has 0 unspecified atom stereocenters. The lowest BCUT2D eigenvalue weighted by atomic mass is 10.0. The van der Waals surface area contributed by atoms with Crippen molar-refractivity contribution in [2.75, 3.05) is 6.61 Å². The third-order valence-corrected chi connectivity index (χ3v) is 3.29. The molecule has 0 saturated carbocycles. The van der Waals surface area contributed by atoms with Crippen LogP contribution in [0.25, 0.3) is 0 Å². The van der Waals surface area contributed by atoms with Gasteiger partial charge in [0, 0.05) is 11.6 Å². The molecular formula is C15H11Cl2FO2. The van der Waals surface area contributed by atoms with Crippen molar-refractivity contribution in [3.63, 3.8) is 0 Å². The van der Waals surface area contributed by atoms with Crippen molar-refractivity contribution in [2.45, 2.75) is 6.92 Å². The van der Waals surface area contributed by atoms with Gasteiger partial charge in [-0.25, -0.2) is 4.39 Å². The number of rotatable bonds is 4. The molecule has 0 bridgehead atoms. The van der Waals surface area contributed by atoms with Crippen LogP contribution in [0.15, 0.2) is 36.4 Å². The van der Waals surface area contributed by atoms with Gasteiger partial charge in [0.05, 0.1) is 22.2 Å². The molecule has 0 heterocycles. The number of carbonyl (C=O) groups is 1. The summed E-state index contributed by atoms with van der Waals surface area (Å²) in [6.07, 6.45) is 0. The molecule has 0 saturated heterocycles. The van der Waals surface area contributed by atoms with Gasteiger partial charge in [-0.3, -0.25) is 4.79 Å². The summed E-state index contributed by atoms with van der Waals surface area (Å²) in [6.45, 7) is 2.24. The fraction of sp³-hybridized carbons (Fsp3) is 0.133. The first-order valence-corrected chi connectivity index (χ1v) is 6.71. The van der Waals surface area contributed by atoms with Crippen molar-refractivity contribution in [2.24, 2.45) is 0 Å².